The topological polar surface area (TPSA) is 30.7 Å². The number of nitrogens with zero attached hydrogens (tertiary/aromatic N) is 3. The molecule has 2 heterocycles. The zero-order chi connectivity index (χ0) is 13.2. The fraction of sp³-hybridized carbons (Fsp3) is 0.125. The Bertz CT molecular complexity index is 662. The quantitative estimate of drug-likeness (QED) is 0.696. The Kier molecular flexibility index (Phi) is 2.88. The van der Waals surface area contributed by atoms with E-state index in [0.717, 1.165) is 17.0 Å². The third-order valence-corrected chi connectivity index (χ3v) is 3.31. The lowest BCUT2D eigenvalue weighted by Gasteiger charge is -2.02. The molecule has 0 saturated carbocycles. The van der Waals surface area contributed by atoms with Gasteiger partial charge in [-0.3, -0.25) is 9.67 Å². The highest BCUT2D eigenvalue weighted by Gasteiger charge is 2.04. The molecule has 0 atom stereocenters. The molecule has 3 rings (SSSR count). The third-order valence-electron chi connectivity index (χ3n) is 3.31. The number of hydrogen-bond acceptors (Lipinski definition) is 2. The molecule has 3 heteroatoms. The average Bonchev–Trinajstić information content (AvgIpc) is 2.80. The Hall–Kier alpha value is -2.42. The van der Waals surface area contributed by atoms with Gasteiger partial charge in [0.15, 0.2) is 0 Å². The van der Waals surface area contributed by atoms with Gasteiger partial charge in [-0.15, -0.1) is 0 Å². The summed E-state index contributed by atoms with van der Waals surface area (Å²) in [5, 5.41) is 4.49. The zero-order valence-corrected chi connectivity index (χ0v) is 11.0. The lowest BCUT2D eigenvalue weighted by Crippen LogP contribution is -1.92. The number of aromatic nitrogens is 3. The van der Waals surface area contributed by atoms with Gasteiger partial charge in [-0.2, -0.15) is 5.10 Å². The van der Waals surface area contributed by atoms with Gasteiger partial charge in [-0.25, -0.2) is 0 Å². The third kappa shape index (κ3) is 2.27. The van der Waals surface area contributed by atoms with E-state index in [9.17, 15) is 0 Å². The van der Waals surface area contributed by atoms with Gasteiger partial charge >= 0.3 is 0 Å². The summed E-state index contributed by atoms with van der Waals surface area (Å²) in [6.45, 7) is 2.06. The summed E-state index contributed by atoms with van der Waals surface area (Å²) >= 11 is 0. The molecule has 0 saturated heterocycles. The normalized spacial score (nSPS) is 10.6. The Morgan fingerprint density at radius 2 is 1.42 bits per heavy atom. The van der Waals surface area contributed by atoms with E-state index in [2.05, 4.69) is 47.3 Å². The summed E-state index contributed by atoms with van der Waals surface area (Å²) in [5.41, 5.74) is 5.69. The first-order valence-corrected chi connectivity index (χ1v) is 6.25. The molecule has 3 nitrogen and oxygen atoms in total. The highest BCUT2D eigenvalue weighted by Crippen LogP contribution is 2.23. The number of hydrogen-bond donors (Lipinski definition) is 0. The van der Waals surface area contributed by atoms with Crippen LogP contribution in [0.25, 0.3) is 22.4 Å². The van der Waals surface area contributed by atoms with Crippen LogP contribution in [-0.2, 0) is 7.05 Å². The van der Waals surface area contributed by atoms with Crippen LogP contribution in [0.1, 0.15) is 5.69 Å². The largest absolute Gasteiger partial charge is 0.272 e. The predicted octanol–water partition coefficient (Wildman–Crippen LogP) is 3.46. The van der Waals surface area contributed by atoms with Crippen molar-refractivity contribution in [3.63, 3.8) is 0 Å². The van der Waals surface area contributed by atoms with Crippen LogP contribution in [0.2, 0.25) is 0 Å². The van der Waals surface area contributed by atoms with Crippen molar-refractivity contribution in [1.82, 2.24) is 14.8 Å². The molecule has 94 valence electrons. The van der Waals surface area contributed by atoms with Crippen molar-refractivity contribution < 1.29 is 0 Å². The van der Waals surface area contributed by atoms with Gasteiger partial charge in [0, 0.05) is 30.7 Å². The van der Waals surface area contributed by atoms with E-state index in [0.29, 0.717) is 0 Å². The highest BCUT2D eigenvalue weighted by molar-refractivity contribution is 5.68. The maximum absolute atomic E-state index is 4.49. The van der Waals surface area contributed by atoms with Crippen molar-refractivity contribution in [3.8, 4) is 22.4 Å². The fourth-order valence-electron chi connectivity index (χ4n) is 2.08. The van der Waals surface area contributed by atoms with E-state index in [1.807, 2.05) is 36.3 Å². The Morgan fingerprint density at radius 3 is 2.00 bits per heavy atom. The summed E-state index contributed by atoms with van der Waals surface area (Å²) in [7, 11) is 1.96. The van der Waals surface area contributed by atoms with Crippen LogP contribution in [0.4, 0.5) is 0 Å². The molecule has 0 aliphatic rings. The molecule has 3 aromatic rings. The van der Waals surface area contributed by atoms with Crippen LogP contribution in [-0.4, -0.2) is 14.8 Å². The molecule has 19 heavy (non-hydrogen) atoms. The summed E-state index contributed by atoms with van der Waals surface area (Å²) in [4.78, 5) is 4.04. The minimum atomic E-state index is 1.02. The lowest BCUT2D eigenvalue weighted by molar-refractivity contribution is 0.743. The smallest absolute Gasteiger partial charge is 0.0925 e. The van der Waals surface area contributed by atoms with E-state index >= 15 is 0 Å². The molecular weight excluding hydrogens is 234 g/mol. The van der Waals surface area contributed by atoms with E-state index < -0.39 is 0 Å². The molecule has 0 N–H and O–H groups in total. The first kappa shape index (κ1) is 11.7. The number of benzene rings is 1. The second kappa shape index (κ2) is 4.69. The van der Waals surface area contributed by atoms with Crippen LogP contribution in [0.5, 0.6) is 0 Å². The second-order valence-corrected chi connectivity index (χ2v) is 4.61. The monoisotopic (exact) mass is 249 g/mol. The molecule has 2 aromatic heterocycles. The summed E-state index contributed by atoms with van der Waals surface area (Å²) in [5.74, 6) is 0. The van der Waals surface area contributed by atoms with E-state index in [1.165, 1.54) is 11.1 Å². The van der Waals surface area contributed by atoms with Gasteiger partial charge in [-0.1, -0.05) is 24.3 Å². The summed E-state index contributed by atoms with van der Waals surface area (Å²) < 4.78 is 1.89. The van der Waals surface area contributed by atoms with Crippen molar-refractivity contribution in [2.24, 2.45) is 7.05 Å². The van der Waals surface area contributed by atoms with Gasteiger partial charge in [0.05, 0.1) is 5.69 Å². The molecule has 0 aliphatic carbocycles. The minimum absolute atomic E-state index is 1.02. The Labute approximate surface area is 112 Å². The van der Waals surface area contributed by atoms with Crippen LogP contribution in [0, 0.1) is 6.92 Å². The lowest BCUT2D eigenvalue weighted by atomic mass is 10.0. The predicted molar refractivity (Wildman–Crippen MR) is 76.6 cm³/mol. The number of pyridine rings is 1. The van der Waals surface area contributed by atoms with E-state index in [1.54, 1.807) is 0 Å². The maximum atomic E-state index is 4.49. The van der Waals surface area contributed by atoms with Crippen LogP contribution in [0.15, 0.2) is 54.9 Å². The molecule has 0 spiro atoms. The summed E-state index contributed by atoms with van der Waals surface area (Å²) in [6.07, 6.45) is 3.62. The van der Waals surface area contributed by atoms with Crippen LogP contribution < -0.4 is 0 Å². The average molecular weight is 249 g/mol. The Morgan fingerprint density at radius 1 is 0.842 bits per heavy atom. The van der Waals surface area contributed by atoms with Gasteiger partial charge in [0.2, 0.25) is 0 Å². The molecule has 1 aromatic carbocycles. The highest BCUT2D eigenvalue weighted by atomic mass is 15.3. The zero-order valence-electron chi connectivity index (χ0n) is 11.0. The molecule has 0 unspecified atom stereocenters. The molecule has 0 aliphatic heterocycles. The molecular formula is C16H15N3. The second-order valence-electron chi connectivity index (χ2n) is 4.61. The van der Waals surface area contributed by atoms with Gasteiger partial charge in [0.1, 0.15) is 0 Å². The fourth-order valence-corrected chi connectivity index (χ4v) is 2.08. The number of rotatable bonds is 2. The van der Waals surface area contributed by atoms with Gasteiger partial charge in [0.25, 0.3) is 0 Å². The molecule has 0 amide bonds. The molecule has 0 radical (unpaired) electrons. The summed E-state index contributed by atoms with van der Waals surface area (Å²) in [6, 6.07) is 14.6. The van der Waals surface area contributed by atoms with E-state index in [-0.39, 0.29) is 0 Å². The van der Waals surface area contributed by atoms with Crippen molar-refractivity contribution in [2.45, 2.75) is 6.92 Å². The van der Waals surface area contributed by atoms with Crippen molar-refractivity contribution in [1.29, 1.82) is 0 Å². The van der Waals surface area contributed by atoms with E-state index in [4.69, 9.17) is 0 Å². The van der Waals surface area contributed by atoms with Crippen LogP contribution >= 0.6 is 0 Å². The maximum Gasteiger partial charge on any atom is 0.0925 e. The van der Waals surface area contributed by atoms with Crippen LogP contribution in [0.3, 0.4) is 0 Å². The SMILES string of the molecule is Cc1cc(-c2ccc(-c3ccncc3)cc2)nn1C. The first-order valence-electron chi connectivity index (χ1n) is 6.25. The van der Waals surface area contributed by atoms with Crippen molar-refractivity contribution in [2.75, 3.05) is 0 Å². The first-order chi connectivity index (χ1) is 9.24. The van der Waals surface area contributed by atoms with Gasteiger partial charge in [-0.05, 0) is 36.2 Å². The van der Waals surface area contributed by atoms with Gasteiger partial charge < -0.3 is 0 Å². The van der Waals surface area contributed by atoms with Crippen molar-refractivity contribution in [3.05, 3.63) is 60.6 Å². The minimum Gasteiger partial charge on any atom is -0.272 e. The van der Waals surface area contributed by atoms with Crippen molar-refractivity contribution >= 4 is 0 Å². The Balaban J connectivity index is 1.95. The molecule has 0 bridgehead atoms. The standard InChI is InChI=1S/C16H15N3/c1-12-11-16(18-19(12)2)15-5-3-13(4-6-15)14-7-9-17-10-8-14/h3-11H,1-2H3. The molecule has 0 fully saturated rings. The number of aryl methyl sites for hydroxylation is 2.